The van der Waals surface area contributed by atoms with Crippen LogP contribution in [0.5, 0.6) is 0 Å². The average molecular weight is 260 g/mol. The third-order valence-corrected chi connectivity index (χ3v) is 4.55. The molecular weight excluding hydrogens is 247 g/mol. The van der Waals surface area contributed by atoms with Crippen molar-refractivity contribution in [1.82, 2.24) is 0 Å². The lowest BCUT2D eigenvalue weighted by Gasteiger charge is -2.19. The fraction of sp³-hybridized carbons (Fsp3) is 0.200. The smallest absolute Gasteiger partial charge is 0.129 e. The van der Waals surface area contributed by atoms with Crippen LogP contribution in [0.25, 0.3) is 0 Å². The minimum Gasteiger partial charge on any atom is -0.388 e. The van der Waals surface area contributed by atoms with E-state index in [1.54, 1.807) is 30.0 Å². The van der Waals surface area contributed by atoms with Gasteiger partial charge in [-0.25, -0.2) is 4.39 Å². The molecule has 18 heavy (non-hydrogen) atoms. The summed E-state index contributed by atoms with van der Waals surface area (Å²) in [6, 6.07) is 14.5. The van der Waals surface area contributed by atoms with Gasteiger partial charge in [-0.1, -0.05) is 36.4 Å². The second-order valence-electron chi connectivity index (χ2n) is 4.42. The standard InChI is InChI=1S/C15H13FOS/c16-13-7-3-1-6-11(13)15(17)12-9-18-14-8-4-2-5-10(12)14/h1-8,12,15,17H,9H2. The second kappa shape index (κ2) is 4.75. The molecule has 3 heteroatoms. The fourth-order valence-corrected chi connectivity index (χ4v) is 3.66. The Labute approximate surface area is 110 Å². The Morgan fingerprint density at radius 3 is 2.67 bits per heavy atom. The lowest BCUT2D eigenvalue weighted by atomic mass is 9.91. The number of hydrogen-bond donors (Lipinski definition) is 1. The van der Waals surface area contributed by atoms with Crippen molar-refractivity contribution in [3.05, 3.63) is 65.5 Å². The first-order chi connectivity index (χ1) is 8.77. The van der Waals surface area contributed by atoms with E-state index in [1.165, 1.54) is 11.0 Å². The first kappa shape index (κ1) is 11.8. The number of rotatable bonds is 2. The Hall–Kier alpha value is -1.32. The molecule has 0 fully saturated rings. The first-order valence-corrected chi connectivity index (χ1v) is 6.90. The molecule has 1 aliphatic heterocycles. The van der Waals surface area contributed by atoms with Crippen LogP contribution in [0.3, 0.4) is 0 Å². The molecule has 0 amide bonds. The number of aliphatic hydroxyl groups is 1. The quantitative estimate of drug-likeness (QED) is 0.887. The molecule has 0 bridgehead atoms. The Morgan fingerprint density at radius 1 is 1.11 bits per heavy atom. The molecule has 1 heterocycles. The van der Waals surface area contributed by atoms with Crippen molar-refractivity contribution in [2.24, 2.45) is 0 Å². The summed E-state index contributed by atoms with van der Waals surface area (Å²) in [6.45, 7) is 0. The van der Waals surface area contributed by atoms with E-state index in [4.69, 9.17) is 0 Å². The lowest BCUT2D eigenvalue weighted by Crippen LogP contribution is -2.11. The van der Waals surface area contributed by atoms with Crippen LogP contribution in [0.2, 0.25) is 0 Å². The predicted octanol–water partition coefficient (Wildman–Crippen LogP) is 3.75. The maximum atomic E-state index is 13.7. The van der Waals surface area contributed by atoms with Gasteiger partial charge in [0.15, 0.2) is 0 Å². The van der Waals surface area contributed by atoms with Gasteiger partial charge in [0.2, 0.25) is 0 Å². The molecule has 0 aromatic heterocycles. The molecule has 2 aromatic rings. The third kappa shape index (κ3) is 1.93. The summed E-state index contributed by atoms with van der Waals surface area (Å²) in [5.74, 6) is 0.442. The number of thioether (sulfide) groups is 1. The summed E-state index contributed by atoms with van der Waals surface area (Å²) < 4.78 is 13.7. The zero-order valence-corrected chi connectivity index (χ0v) is 10.5. The molecule has 1 nitrogen and oxygen atoms in total. The van der Waals surface area contributed by atoms with E-state index in [2.05, 4.69) is 0 Å². The maximum Gasteiger partial charge on any atom is 0.129 e. The van der Waals surface area contributed by atoms with Crippen molar-refractivity contribution in [1.29, 1.82) is 0 Å². The monoisotopic (exact) mass is 260 g/mol. The van der Waals surface area contributed by atoms with Crippen molar-refractivity contribution in [3.8, 4) is 0 Å². The van der Waals surface area contributed by atoms with Crippen LogP contribution in [0, 0.1) is 5.82 Å². The highest BCUT2D eigenvalue weighted by Crippen LogP contribution is 2.45. The molecule has 0 saturated carbocycles. The van der Waals surface area contributed by atoms with Crippen LogP contribution in [0.4, 0.5) is 4.39 Å². The molecule has 0 spiro atoms. The zero-order chi connectivity index (χ0) is 12.5. The van der Waals surface area contributed by atoms with Gasteiger partial charge in [0.05, 0.1) is 6.10 Å². The summed E-state index contributed by atoms with van der Waals surface area (Å²) in [5.41, 5.74) is 1.51. The first-order valence-electron chi connectivity index (χ1n) is 5.91. The summed E-state index contributed by atoms with van der Waals surface area (Å²) >= 11 is 1.72. The minimum atomic E-state index is -0.776. The van der Waals surface area contributed by atoms with E-state index < -0.39 is 6.10 Å². The molecule has 2 unspecified atom stereocenters. The molecule has 0 saturated heterocycles. The zero-order valence-electron chi connectivity index (χ0n) is 9.71. The van der Waals surface area contributed by atoms with E-state index in [-0.39, 0.29) is 11.7 Å². The molecule has 92 valence electrons. The topological polar surface area (TPSA) is 20.2 Å². The largest absolute Gasteiger partial charge is 0.388 e. The Kier molecular flexibility index (Phi) is 3.10. The van der Waals surface area contributed by atoms with Gasteiger partial charge in [0.25, 0.3) is 0 Å². The van der Waals surface area contributed by atoms with Gasteiger partial charge in [0.1, 0.15) is 5.82 Å². The van der Waals surface area contributed by atoms with Crippen LogP contribution >= 0.6 is 11.8 Å². The number of halogens is 1. The highest BCUT2D eigenvalue weighted by molar-refractivity contribution is 7.99. The van der Waals surface area contributed by atoms with Gasteiger partial charge in [-0.05, 0) is 17.7 Å². The lowest BCUT2D eigenvalue weighted by molar-refractivity contribution is 0.149. The van der Waals surface area contributed by atoms with Crippen molar-refractivity contribution in [2.75, 3.05) is 5.75 Å². The van der Waals surface area contributed by atoms with Crippen LogP contribution in [-0.2, 0) is 0 Å². The average Bonchev–Trinajstić information content (AvgIpc) is 2.82. The second-order valence-corrected chi connectivity index (χ2v) is 5.48. The number of aliphatic hydroxyl groups excluding tert-OH is 1. The molecule has 0 aliphatic carbocycles. The van der Waals surface area contributed by atoms with E-state index in [9.17, 15) is 9.50 Å². The van der Waals surface area contributed by atoms with Gasteiger partial charge in [0, 0.05) is 22.1 Å². The van der Waals surface area contributed by atoms with Gasteiger partial charge < -0.3 is 5.11 Å². The third-order valence-electron chi connectivity index (χ3n) is 3.34. The molecule has 2 aromatic carbocycles. The molecular formula is C15H13FOS. The molecule has 1 aliphatic rings. The summed E-state index contributed by atoms with van der Waals surface area (Å²) in [5, 5.41) is 10.4. The van der Waals surface area contributed by atoms with Crippen LogP contribution in [0.1, 0.15) is 23.1 Å². The summed E-state index contributed by atoms with van der Waals surface area (Å²) in [4.78, 5) is 1.19. The number of hydrogen-bond acceptors (Lipinski definition) is 2. The van der Waals surface area contributed by atoms with Gasteiger partial charge in [-0.2, -0.15) is 0 Å². The van der Waals surface area contributed by atoms with Crippen molar-refractivity contribution < 1.29 is 9.50 Å². The van der Waals surface area contributed by atoms with Crippen molar-refractivity contribution >= 4 is 11.8 Å². The Balaban J connectivity index is 1.96. The molecule has 1 N–H and O–H groups in total. The van der Waals surface area contributed by atoms with Gasteiger partial charge >= 0.3 is 0 Å². The van der Waals surface area contributed by atoms with Crippen molar-refractivity contribution in [3.63, 3.8) is 0 Å². The Morgan fingerprint density at radius 2 is 1.83 bits per heavy atom. The van der Waals surface area contributed by atoms with Gasteiger partial charge in [-0.15, -0.1) is 11.8 Å². The van der Waals surface area contributed by atoms with E-state index in [0.29, 0.717) is 5.56 Å². The van der Waals surface area contributed by atoms with E-state index in [1.807, 2.05) is 24.3 Å². The van der Waals surface area contributed by atoms with Crippen molar-refractivity contribution in [2.45, 2.75) is 16.9 Å². The normalized spacial score (nSPS) is 19.6. The summed E-state index contributed by atoms with van der Waals surface area (Å²) in [6.07, 6.45) is -0.776. The number of benzene rings is 2. The highest BCUT2D eigenvalue weighted by Gasteiger charge is 2.31. The number of fused-ring (bicyclic) bond motifs is 1. The van der Waals surface area contributed by atoms with E-state index in [0.717, 1.165) is 11.3 Å². The molecule has 3 rings (SSSR count). The van der Waals surface area contributed by atoms with Crippen LogP contribution < -0.4 is 0 Å². The maximum absolute atomic E-state index is 13.7. The predicted molar refractivity (Wildman–Crippen MR) is 71.3 cm³/mol. The molecule has 2 atom stereocenters. The van der Waals surface area contributed by atoms with Crippen LogP contribution in [0.15, 0.2) is 53.4 Å². The van der Waals surface area contributed by atoms with E-state index >= 15 is 0 Å². The SMILES string of the molecule is OC(c1ccccc1F)C1CSc2ccccc21. The minimum absolute atomic E-state index is 0.0249. The highest BCUT2D eigenvalue weighted by atomic mass is 32.2. The fourth-order valence-electron chi connectivity index (χ4n) is 2.38. The summed E-state index contributed by atoms with van der Waals surface area (Å²) in [7, 11) is 0. The molecule has 0 radical (unpaired) electrons. The Bertz CT molecular complexity index is 570. The van der Waals surface area contributed by atoms with Crippen LogP contribution in [-0.4, -0.2) is 10.9 Å². The van der Waals surface area contributed by atoms with Gasteiger partial charge in [-0.3, -0.25) is 0 Å².